The van der Waals surface area contributed by atoms with Crippen molar-refractivity contribution in [2.24, 2.45) is 0 Å². The van der Waals surface area contributed by atoms with E-state index in [2.05, 4.69) is 207 Å². The lowest BCUT2D eigenvalue weighted by molar-refractivity contribution is 0.353. The zero-order chi connectivity index (χ0) is 41.9. The maximum absolute atomic E-state index is 2.56. The molecule has 3 aliphatic rings. The Labute approximate surface area is 373 Å². The molecular weight excluding hydrogens is 779 g/mol. The first-order valence-corrected chi connectivity index (χ1v) is 23.6. The molecule has 302 valence electrons. The highest BCUT2D eigenvalue weighted by molar-refractivity contribution is 7.27. The van der Waals surface area contributed by atoms with Gasteiger partial charge in [-0.15, -0.1) is 11.3 Å². The summed E-state index contributed by atoms with van der Waals surface area (Å²) in [6, 6.07) is 71.4. The third-order valence-corrected chi connectivity index (χ3v) is 16.3. The van der Waals surface area contributed by atoms with E-state index in [0.29, 0.717) is 0 Å². The fourth-order valence-corrected chi connectivity index (χ4v) is 13.5. The molecule has 1 saturated carbocycles. The third kappa shape index (κ3) is 5.41. The Morgan fingerprint density at radius 2 is 1.02 bits per heavy atom. The molecule has 0 N–H and O–H groups in total. The smallest absolute Gasteiger partial charge is 0.0467 e. The molecule has 0 bridgehead atoms. The molecule has 0 saturated heterocycles. The SMILES string of the molecule is CC1(C)c2ccccc2-c2cccc(-c3cccc(N(c4ccc(-c5cccc6c5sc5c7ccccc7ccc65)cc4)c4ccc5c(c4)C4(CCCCC4)c4ccccc4-5)c3)c21. The average Bonchev–Trinajstić information content (AvgIpc) is 3.93. The Morgan fingerprint density at radius 1 is 0.397 bits per heavy atom. The predicted molar refractivity (Wildman–Crippen MR) is 269 cm³/mol. The second-order valence-electron chi connectivity index (χ2n) is 18.7. The molecule has 13 rings (SSSR count). The fraction of sp³-hybridized carbons (Fsp3) is 0.148. The molecule has 63 heavy (non-hydrogen) atoms. The number of benzene rings is 9. The summed E-state index contributed by atoms with van der Waals surface area (Å²) in [4.78, 5) is 2.52. The normalized spacial score (nSPS) is 15.4. The molecule has 10 aromatic rings. The fourth-order valence-electron chi connectivity index (χ4n) is 12.2. The minimum atomic E-state index is -0.109. The van der Waals surface area contributed by atoms with Crippen molar-refractivity contribution in [1.29, 1.82) is 0 Å². The first-order valence-electron chi connectivity index (χ1n) is 22.8. The molecule has 1 aromatic heterocycles. The van der Waals surface area contributed by atoms with Crippen molar-refractivity contribution in [2.75, 3.05) is 4.90 Å². The van der Waals surface area contributed by atoms with Crippen molar-refractivity contribution >= 4 is 59.3 Å². The van der Waals surface area contributed by atoms with Gasteiger partial charge in [0.1, 0.15) is 0 Å². The van der Waals surface area contributed by atoms with Crippen LogP contribution >= 0.6 is 11.3 Å². The van der Waals surface area contributed by atoms with Gasteiger partial charge in [0.15, 0.2) is 0 Å². The van der Waals surface area contributed by atoms with Crippen molar-refractivity contribution in [3.8, 4) is 44.5 Å². The quantitative estimate of drug-likeness (QED) is 0.167. The summed E-state index contributed by atoms with van der Waals surface area (Å²) in [5.41, 5.74) is 19.9. The van der Waals surface area contributed by atoms with Crippen LogP contribution in [0.1, 0.15) is 68.2 Å². The lowest BCUT2D eigenvalue weighted by Gasteiger charge is -2.36. The highest BCUT2D eigenvalue weighted by atomic mass is 32.1. The van der Waals surface area contributed by atoms with Crippen molar-refractivity contribution in [1.82, 2.24) is 0 Å². The molecule has 0 atom stereocenters. The lowest BCUT2D eigenvalue weighted by atomic mass is 9.68. The summed E-state index contributed by atoms with van der Waals surface area (Å²) in [5, 5.41) is 5.29. The average molecular weight is 826 g/mol. The second kappa shape index (κ2) is 13.9. The molecule has 2 heteroatoms. The van der Waals surface area contributed by atoms with E-state index in [-0.39, 0.29) is 10.8 Å². The van der Waals surface area contributed by atoms with Gasteiger partial charge in [-0.05, 0) is 127 Å². The van der Waals surface area contributed by atoms with E-state index < -0.39 is 0 Å². The molecule has 1 heterocycles. The van der Waals surface area contributed by atoms with Crippen LogP contribution in [0.3, 0.4) is 0 Å². The number of hydrogen-bond acceptors (Lipinski definition) is 2. The van der Waals surface area contributed by atoms with Crippen molar-refractivity contribution < 1.29 is 0 Å². The minimum absolute atomic E-state index is 0.0665. The molecule has 0 unspecified atom stereocenters. The van der Waals surface area contributed by atoms with Gasteiger partial charge in [0, 0.05) is 48.1 Å². The number of fused-ring (bicyclic) bond motifs is 13. The van der Waals surface area contributed by atoms with Crippen molar-refractivity contribution in [2.45, 2.75) is 56.8 Å². The number of hydrogen-bond donors (Lipinski definition) is 0. The van der Waals surface area contributed by atoms with Gasteiger partial charge in [-0.2, -0.15) is 0 Å². The third-order valence-electron chi connectivity index (χ3n) is 15.0. The summed E-state index contributed by atoms with van der Waals surface area (Å²) in [6.07, 6.45) is 6.29. The van der Waals surface area contributed by atoms with Gasteiger partial charge >= 0.3 is 0 Å². The molecular formula is C61H47NS. The first kappa shape index (κ1) is 36.9. The molecule has 1 nitrogen and oxygen atoms in total. The largest absolute Gasteiger partial charge is 0.310 e. The zero-order valence-corrected chi connectivity index (χ0v) is 36.6. The highest BCUT2D eigenvalue weighted by Gasteiger charge is 2.44. The summed E-state index contributed by atoms with van der Waals surface area (Å²) in [7, 11) is 0. The first-order chi connectivity index (χ1) is 31.0. The highest BCUT2D eigenvalue weighted by Crippen LogP contribution is 2.57. The van der Waals surface area contributed by atoms with E-state index >= 15 is 0 Å². The maximum atomic E-state index is 2.56. The summed E-state index contributed by atoms with van der Waals surface area (Å²) >= 11 is 1.93. The minimum Gasteiger partial charge on any atom is -0.310 e. The Bertz CT molecular complexity index is 3470. The standard InChI is InChI=1S/C61H47NS/c1-60(2)54-25-8-6-20-49(54)51-23-13-21-45(57(51)60)41-16-12-17-43(37-41)62(44-32-34-50-48-19-7-9-26-55(48)61(56(50)38-44)35-10-3-11-36-61)42-30-27-40(28-31-42)47-22-14-24-52-53-33-29-39-15-4-5-18-46(39)59(53)63-58(47)52/h4-9,12-34,37-38H,3,10-11,35-36H2,1-2H3. The molecule has 1 spiro atoms. The zero-order valence-electron chi connectivity index (χ0n) is 35.8. The van der Waals surface area contributed by atoms with E-state index in [1.807, 2.05) is 11.3 Å². The number of rotatable bonds is 5. The Hall–Kier alpha value is -6.74. The van der Waals surface area contributed by atoms with Crippen LogP contribution in [0.15, 0.2) is 188 Å². The van der Waals surface area contributed by atoms with Crippen LogP contribution < -0.4 is 4.90 Å². The van der Waals surface area contributed by atoms with Gasteiger partial charge in [-0.1, -0.05) is 185 Å². The van der Waals surface area contributed by atoms with Crippen LogP contribution in [0.4, 0.5) is 17.1 Å². The van der Waals surface area contributed by atoms with Gasteiger partial charge < -0.3 is 4.90 Å². The Balaban J connectivity index is 0.972. The molecule has 0 amide bonds. The van der Waals surface area contributed by atoms with Crippen LogP contribution in [0.5, 0.6) is 0 Å². The van der Waals surface area contributed by atoms with Gasteiger partial charge in [0.05, 0.1) is 0 Å². The van der Waals surface area contributed by atoms with Crippen LogP contribution in [0, 0.1) is 0 Å². The van der Waals surface area contributed by atoms with Gasteiger partial charge in [-0.3, -0.25) is 0 Å². The van der Waals surface area contributed by atoms with Crippen LogP contribution in [0.2, 0.25) is 0 Å². The molecule has 9 aromatic carbocycles. The van der Waals surface area contributed by atoms with Gasteiger partial charge in [-0.25, -0.2) is 0 Å². The van der Waals surface area contributed by atoms with Crippen molar-refractivity contribution in [3.05, 3.63) is 210 Å². The van der Waals surface area contributed by atoms with E-state index in [9.17, 15) is 0 Å². The number of anilines is 3. The van der Waals surface area contributed by atoms with Crippen LogP contribution in [-0.4, -0.2) is 0 Å². The molecule has 3 aliphatic carbocycles. The summed E-state index contributed by atoms with van der Waals surface area (Å²) in [5.74, 6) is 0. The van der Waals surface area contributed by atoms with E-state index in [1.54, 1.807) is 0 Å². The van der Waals surface area contributed by atoms with Crippen LogP contribution in [0.25, 0.3) is 75.5 Å². The molecule has 0 radical (unpaired) electrons. The summed E-state index contributed by atoms with van der Waals surface area (Å²) in [6.45, 7) is 4.79. The summed E-state index contributed by atoms with van der Waals surface area (Å²) < 4.78 is 2.71. The number of thiophene rings is 1. The monoisotopic (exact) mass is 825 g/mol. The second-order valence-corrected chi connectivity index (χ2v) is 19.7. The van der Waals surface area contributed by atoms with Crippen molar-refractivity contribution in [3.63, 3.8) is 0 Å². The van der Waals surface area contributed by atoms with Crippen LogP contribution in [-0.2, 0) is 10.8 Å². The maximum Gasteiger partial charge on any atom is 0.0467 e. The molecule has 0 aliphatic heterocycles. The van der Waals surface area contributed by atoms with E-state index in [0.717, 1.165) is 11.4 Å². The van der Waals surface area contributed by atoms with E-state index in [1.165, 1.54) is 135 Å². The van der Waals surface area contributed by atoms with E-state index in [4.69, 9.17) is 0 Å². The Morgan fingerprint density at radius 3 is 1.87 bits per heavy atom. The Kier molecular flexibility index (Phi) is 8.12. The number of nitrogens with zero attached hydrogens (tertiary/aromatic N) is 1. The molecule has 1 fully saturated rings. The van der Waals surface area contributed by atoms with Gasteiger partial charge in [0.25, 0.3) is 0 Å². The van der Waals surface area contributed by atoms with Gasteiger partial charge in [0.2, 0.25) is 0 Å². The lowest BCUT2D eigenvalue weighted by Crippen LogP contribution is -2.28. The topological polar surface area (TPSA) is 3.24 Å². The predicted octanol–water partition coefficient (Wildman–Crippen LogP) is 17.5.